The van der Waals surface area contributed by atoms with Crippen molar-refractivity contribution in [2.75, 3.05) is 0 Å². The molecule has 0 aromatic heterocycles. The maximum absolute atomic E-state index is 12.2. The maximum Gasteiger partial charge on any atom is 0.303 e. The first-order valence-corrected chi connectivity index (χ1v) is 10.6. The predicted octanol–water partition coefficient (Wildman–Crippen LogP) is 4.26. The Morgan fingerprint density at radius 1 is 1.15 bits per heavy atom. The lowest BCUT2D eigenvalue weighted by Crippen LogP contribution is -2.23. The standard InChI is InChI=1S/C22H38O5/c1-3-4-5-10-14-22(2,27)15-13-18-17(19(23)16-20(18)24)11-8-6-7-9-12-21(25)26/h13,15,17-18,20,24,27H,3-12,14,16H2,1-2H3,(H,25,26). The number of carboxylic acid groups (broad SMARTS) is 1. The number of aliphatic carboxylic acids is 1. The second kappa shape index (κ2) is 12.3. The summed E-state index contributed by atoms with van der Waals surface area (Å²) in [6.45, 7) is 3.94. The van der Waals surface area contributed by atoms with Crippen LogP contribution in [0.1, 0.15) is 90.9 Å². The van der Waals surface area contributed by atoms with Crippen molar-refractivity contribution in [3.8, 4) is 0 Å². The van der Waals surface area contributed by atoms with Gasteiger partial charge in [0.15, 0.2) is 0 Å². The van der Waals surface area contributed by atoms with E-state index in [1.165, 1.54) is 6.42 Å². The first-order valence-electron chi connectivity index (χ1n) is 10.6. The van der Waals surface area contributed by atoms with Gasteiger partial charge < -0.3 is 15.3 Å². The Kier molecular flexibility index (Phi) is 10.9. The summed E-state index contributed by atoms with van der Waals surface area (Å²) < 4.78 is 0. The Bertz CT molecular complexity index is 483. The van der Waals surface area contributed by atoms with E-state index in [0.29, 0.717) is 12.8 Å². The first kappa shape index (κ1) is 23.8. The second-order valence-electron chi connectivity index (χ2n) is 8.30. The molecule has 0 bridgehead atoms. The quantitative estimate of drug-likeness (QED) is 0.308. The van der Waals surface area contributed by atoms with Crippen molar-refractivity contribution < 1.29 is 24.9 Å². The molecule has 156 valence electrons. The Morgan fingerprint density at radius 3 is 2.48 bits per heavy atom. The monoisotopic (exact) mass is 382 g/mol. The van der Waals surface area contributed by atoms with Gasteiger partial charge in [-0.25, -0.2) is 0 Å². The number of ketones is 1. The normalized spacial score (nSPS) is 25.2. The number of rotatable bonds is 14. The number of carbonyl (C=O) groups is 2. The molecule has 1 saturated carbocycles. The van der Waals surface area contributed by atoms with Crippen LogP contribution in [0.4, 0.5) is 0 Å². The van der Waals surface area contributed by atoms with E-state index in [9.17, 15) is 19.8 Å². The van der Waals surface area contributed by atoms with Crippen LogP contribution in [0.2, 0.25) is 0 Å². The van der Waals surface area contributed by atoms with E-state index in [1.807, 2.05) is 6.08 Å². The molecule has 3 N–H and O–H groups in total. The zero-order valence-corrected chi connectivity index (χ0v) is 17.0. The number of carboxylic acids is 1. The van der Waals surface area contributed by atoms with Crippen molar-refractivity contribution in [3.05, 3.63) is 12.2 Å². The van der Waals surface area contributed by atoms with Gasteiger partial charge in [0.2, 0.25) is 0 Å². The number of aliphatic hydroxyl groups excluding tert-OH is 1. The molecule has 0 aromatic rings. The highest BCUT2D eigenvalue weighted by Gasteiger charge is 2.39. The van der Waals surface area contributed by atoms with Crippen LogP contribution >= 0.6 is 0 Å². The largest absolute Gasteiger partial charge is 0.481 e. The van der Waals surface area contributed by atoms with Gasteiger partial charge in [-0.1, -0.05) is 64.0 Å². The fourth-order valence-electron chi connectivity index (χ4n) is 3.90. The topological polar surface area (TPSA) is 94.8 Å². The molecule has 4 atom stereocenters. The average Bonchev–Trinajstić information content (AvgIpc) is 2.86. The lowest BCUT2D eigenvalue weighted by atomic mass is 9.87. The van der Waals surface area contributed by atoms with E-state index < -0.39 is 17.7 Å². The van der Waals surface area contributed by atoms with Gasteiger partial charge in [-0.2, -0.15) is 0 Å². The second-order valence-corrected chi connectivity index (χ2v) is 8.30. The van der Waals surface area contributed by atoms with E-state index in [4.69, 9.17) is 5.11 Å². The SMILES string of the molecule is CCCCCCC(C)(O)C=CC1C(O)CC(=O)C1CCCCCCC(=O)O. The van der Waals surface area contributed by atoms with E-state index in [0.717, 1.165) is 44.9 Å². The Labute approximate surface area is 163 Å². The van der Waals surface area contributed by atoms with Crippen LogP contribution in [-0.2, 0) is 9.59 Å². The van der Waals surface area contributed by atoms with E-state index in [-0.39, 0.29) is 30.5 Å². The van der Waals surface area contributed by atoms with Crippen LogP contribution in [-0.4, -0.2) is 38.8 Å². The zero-order valence-electron chi connectivity index (χ0n) is 17.0. The summed E-state index contributed by atoms with van der Waals surface area (Å²) in [5, 5.41) is 29.4. The van der Waals surface area contributed by atoms with Gasteiger partial charge in [0.25, 0.3) is 0 Å². The number of hydrogen-bond donors (Lipinski definition) is 3. The van der Waals surface area contributed by atoms with Crippen molar-refractivity contribution in [3.63, 3.8) is 0 Å². The fraction of sp³-hybridized carbons (Fsp3) is 0.818. The molecule has 5 heteroatoms. The molecule has 4 unspecified atom stereocenters. The summed E-state index contributed by atoms with van der Waals surface area (Å²) in [6.07, 6.45) is 12.4. The molecule has 0 aliphatic heterocycles. The molecule has 1 rings (SSSR count). The highest BCUT2D eigenvalue weighted by atomic mass is 16.4. The van der Waals surface area contributed by atoms with Crippen molar-refractivity contribution in [1.29, 1.82) is 0 Å². The van der Waals surface area contributed by atoms with Crippen LogP contribution in [0.5, 0.6) is 0 Å². The van der Waals surface area contributed by atoms with Gasteiger partial charge in [-0.05, 0) is 26.2 Å². The predicted molar refractivity (Wildman–Crippen MR) is 106 cm³/mol. The van der Waals surface area contributed by atoms with Gasteiger partial charge in [0, 0.05) is 24.7 Å². The summed E-state index contributed by atoms with van der Waals surface area (Å²) in [5.41, 5.74) is -0.902. The number of hydrogen-bond acceptors (Lipinski definition) is 4. The zero-order chi connectivity index (χ0) is 20.3. The molecule has 0 radical (unpaired) electrons. The molecule has 1 aliphatic rings. The van der Waals surface area contributed by atoms with Gasteiger partial charge in [0.1, 0.15) is 5.78 Å². The lowest BCUT2D eigenvalue weighted by molar-refractivity contribution is -0.137. The summed E-state index contributed by atoms with van der Waals surface area (Å²) in [4.78, 5) is 22.8. The molecule has 0 heterocycles. The molecule has 5 nitrogen and oxygen atoms in total. The van der Waals surface area contributed by atoms with Gasteiger partial charge in [-0.3, -0.25) is 9.59 Å². The number of carbonyl (C=O) groups excluding carboxylic acids is 1. The molecule has 1 fully saturated rings. The summed E-state index contributed by atoms with van der Waals surface area (Å²) in [7, 11) is 0. The minimum absolute atomic E-state index is 0.102. The molecular weight excluding hydrogens is 344 g/mol. The van der Waals surface area contributed by atoms with Gasteiger partial charge in [0.05, 0.1) is 11.7 Å². The third kappa shape index (κ3) is 9.52. The Balaban J connectivity index is 2.47. The van der Waals surface area contributed by atoms with Crippen LogP contribution < -0.4 is 0 Å². The molecule has 1 aliphatic carbocycles. The summed E-state index contributed by atoms with van der Waals surface area (Å²) in [6, 6.07) is 0. The smallest absolute Gasteiger partial charge is 0.303 e. The van der Waals surface area contributed by atoms with Crippen LogP contribution in [0.25, 0.3) is 0 Å². The van der Waals surface area contributed by atoms with E-state index >= 15 is 0 Å². The molecular formula is C22H38O5. The molecule has 0 amide bonds. The molecule has 0 aromatic carbocycles. The lowest BCUT2D eigenvalue weighted by Gasteiger charge is -2.22. The third-order valence-corrected chi connectivity index (χ3v) is 5.60. The maximum atomic E-state index is 12.2. The van der Waals surface area contributed by atoms with Crippen molar-refractivity contribution >= 4 is 11.8 Å². The van der Waals surface area contributed by atoms with Crippen molar-refractivity contribution in [2.45, 2.75) is 103 Å². The molecule has 27 heavy (non-hydrogen) atoms. The van der Waals surface area contributed by atoms with Crippen molar-refractivity contribution in [1.82, 2.24) is 0 Å². The molecule has 0 saturated heterocycles. The Morgan fingerprint density at radius 2 is 1.81 bits per heavy atom. The Hall–Kier alpha value is -1.20. The highest BCUT2D eigenvalue weighted by molar-refractivity contribution is 5.84. The van der Waals surface area contributed by atoms with Crippen molar-refractivity contribution in [2.24, 2.45) is 11.8 Å². The van der Waals surface area contributed by atoms with Crippen LogP contribution in [0.3, 0.4) is 0 Å². The highest BCUT2D eigenvalue weighted by Crippen LogP contribution is 2.35. The van der Waals surface area contributed by atoms with Crippen LogP contribution in [0, 0.1) is 11.8 Å². The third-order valence-electron chi connectivity index (χ3n) is 5.60. The average molecular weight is 383 g/mol. The summed E-state index contributed by atoms with van der Waals surface area (Å²) >= 11 is 0. The number of Topliss-reactive ketones (excluding diaryl/α,β-unsaturated/α-hetero) is 1. The van der Waals surface area contributed by atoms with Crippen LogP contribution in [0.15, 0.2) is 12.2 Å². The van der Waals surface area contributed by atoms with E-state index in [2.05, 4.69) is 6.92 Å². The number of aliphatic hydroxyl groups is 2. The fourth-order valence-corrected chi connectivity index (χ4v) is 3.90. The minimum atomic E-state index is -0.902. The summed E-state index contributed by atoms with van der Waals surface area (Å²) in [5.74, 6) is -1.08. The molecule has 0 spiro atoms. The van der Waals surface area contributed by atoms with Gasteiger partial charge >= 0.3 is 5.97 Å². The minimum Gasteiger partial charge on any atom is -0.481 e. The number of unbranched alkanes of at least 4 members (excludes halogenated alkanes) is 6. The van der Waals surface area contributed by atoms with E-state index in [1.54, 1.807) is 13.0 Å². The first-order chi connectivity index (χ1) is 12.8. The van der Waals surface area contributed by atoms with Gasteiger partial charge in [-0.15, -0.1) is 0 Å².